The Labute approximate surface area is 162 Å². The summed E-state index contributed by atoms with van der Waals surface area (Å²) in [4.78, 5) is 12.1. The normalized spacial score (nSPS) is 16.6. The Kier molecular flexibility index (Phi) is 6.35. The molecule has 0 aromatic heterocycles. The molecular formula is C18H20FN3O5S. The Hall–Kier alpha value is -2.40. The van der Waals surface area contributed by atoms with E-state index >= 15 is 0 Å². The van der Waals surface area contributed by atoms with Gasteiger partial charge in [-0.3, -0.25) is 15.0 Å². The van der Waals surface area contributed by atoms with Crippen LogP contribution < -0.4 is 4.72 Å². The Morgan fingerprint density at radius 1 is 1.14 bits per heavy atom. The lowest BCUT2D eigenvalue weighted by molar-refractivity contribution is -0.387. The number of ether oxygens (including phenoxy) is 1. The lowest BCUT2D eigenvalue weighted by atomic mass is 10.0. The predicted molar refractivity (Wildman–Crippen MR) is 99.8 cm³/mol. The van der Waals surface area contributed by atoms with Gasteiger partial charge in [0.25, 0.3) is 5.69 Å². The molecule has 8 nitrogen and oxygen atoms in total. The maximum Gasteiger partial charge on any atom is 0.289 e. The first kappa shape index (κ1) is 20.3. The molecule has 0 saturated carbocycles. The average Bonchev–Trinajstić information content (AvgIpc) is 2.70. The van der Waals surface area contributed by atoms with E-state index in [1.54, 1.807) is 12.1 Å². The number of sulfonamides is 1. The first-order valence-corrected chi connectivity index (χ1v) is 10.2. The molecule has 1 aliphatic rings. The van der Waals surface area contributed by atoms with Gasteiger partial charge in [0.1, 0.15) is 5.82 Å². The van der Waals surface area contributed by atoms with Crippen molar-refractivity contribution in [1.82, 2.24) is 9.62 Å². The third-order valence-electron chi connectivity index (χ3n) is 4.56. The molecule has 1 saturated heterocycles. The van der Waals surface area contributed by atoms with Gasteiger partial charge in [-0.1, -0.05) is 24.3 Å². The van der Waals surface area contributed by atoms with Crippen molar-refractivity contribution >= 4 is 15.7 Å². The number of hydrogen-bond donors (Lipinski definition) is 1. The highest BCUT2D eigenvalue weighted by molar-refractivity contribution is 7.89. The molecule has 28 heavy (non-hydrogen) atoms. The summed E-state index contributed by atoms with van der Waals surface area (Å²) < 4.78 is 46.5. The molecule has 1 atom stereocenters. The molecule has 0 spiro atoms. The summed E-state index contributed by atoms with van der Waals surface area (Å²) in [5, 5.41) is 11.2. The Balaban J connectivity index is 1.85. The van der Waals surface area contributed by atoms with Crippen LogP contribution in [0.25, 0.3) is 0 Å². The molecule has 1 N–H and O–H groups in total. The summed E-state index contributed by atoms with van der Waals surface area (Å²) in [5.74, 6) is -0.384. The quantitative estimate of drug-likeness (QED) is 0.555. The van der Waals surface area contributed by atoms with E-state index in [2.05, 4.69) is 4.72 Å². The van der Waals surface area contributed by atoms with Gasteiger partial charge in [0.2, 0.25) is 10.0 Å². The van der Waals surface area contributed by atoms with Gasteiger partial charge in [-0.15, -0.1) is 0 Å². The maximum absolute atomic E-state index is 13.3. The van der Waals surface area contributed by atoms with Crippen molar-refractivity contribution in [3.05, 3.63) is 70.0 Å². The van der Waals surface area contributed by atoms with Crippen LogP contribution in [0.15, 0.2) is 53.4 Å². The summed E-state index contributed by atoms with van der Waals surface area (Å²) >= 11 is 0. The molecule has 150 valence electrons. The number of benzene rings is 2. The van der Waals surface area contributed by atoms with Crippen molar-refractivity contribution in [3.63, 3.8) is 0 Å². The number of nitrogens with one attached hydrogen (secondary N) is 1. The Morgan fingerprint density at radius 3 is 2.43 bits per heavy atom. The molecule has 2 aromatic carbocycles. The Morgan fingerprint density at radius 2 is 1.79 bits per heavy atom. The van der Waals surface area contributed by atoms with Crippen LogP contribution in [-0.2, 0) is 14.8 Å². The van der Waals surface area contributed by atoms with E-state index < -0.39 is 20.6 Å². The molecular weight excluding hydrogens is 389 g/mol. The van der Waals surface area contributed by atoms with Crippen molar-refractivity contribution in [2.45, 2.75) is 10.9 Å². The fourth-order valence-corrected chi connectivity index (χ4v) is 4.34. The summed E-state index contributed by atoms with van der Waals surface area (Å²) in [7, 11) is -4.11. The SMILES string of the molecule is O=[N+]([O-])c1ccccc1S(=O)(=O)NC[C@H](c1ccc(F)cc1)N1CCOCC1. The number of nitro groups is 1. The number of hydrogen-bond acceptors (Lipinski definition) is 6. The molecule has 2 aromatic rings. The van der Waals surface area contributed by atoms with Crippen LogP contribution in [0.5, 0.6) is 0 Å². The largest absolute Gasteiger partial charge is 0.379 e. The van der Waals surface area contributed by atoms with Gasteiger partial charge in [-0.2, -0.15) is 0 Å². The molecule has 1 aliphatic heterocycles. The van der Waals surface area contributed by atoms with Crippen LogP contribution in [-0.4, -0.2) is 51.1 Å². The average molecular weight is 409 g/mol. The number of halogens is 1. The second-order valence-corrected chi connectivity index (χ2v) is 8.03. The molecule has 0 radical (unpaired) electrons. The minimum Gasteiger partial charge on any atom is -0.379 e. The standard InChI is InChI=1S/C18H20FN3O5S/c19-15-7-5-14(6-8-15)17(21-9-11-27-12-10-21)13-20-28(25,26)18-4-2-1-3-16(18)22(23)24/h1-8,17,20H,9-13H2/t17-/m1/s1. The fourth-order valence-electron chi connectivity index (χ4n) is 3.13. The molecule has 0 amide bonds. The van der Waals surface area contributed by atoms with E-state index in [9.17, 15) is 22.9 Å². The van der Waals surface area contributed by atoms with Crippen molar-refractivity contribution < 1.29 is 22.5 Å². The summed E-state index contributed by atoms with van der Waals surface area (Å²) in [6.45, 7) is 2.19. The monoisotopic (exact) mass is 409 g/mol. The number of nitro benzene ring substituents is 1. The number of para-hydroxylation sites is 1. The van der Waals surface area contributed by atoms with Gasteiger partial charge < -0.3 is 4.74 Å². The molecule has 3 rings (SSSR count). The third-order valence-corrected chi connectivity index (χ3v) is 6.03. The number of rotatable bonds is 7. The fraction of sp³-hybridized carbons (Fsp3) is 0.333. The third kappa shape index (κ3) is 4.71. The van der Waals surface area contributed by atoms with Crippen LogP contribution in [0.3, 0.4) is 0 Å². The lowest BCUT2D eigenvalue weighted by Gasteiger charge is -2.34. The van der Waals surface area contributed by atoms with Gasteiger partial charge in [0.15, 0.2) is 4.90 Å². The highest BCUT2D eigenvalue weighted by Crippen LogP contribution is 2.25. The topological polar surface area (TPSA) is 102 Å². The van der Waals surface area contributed by atoms with E-state index in [0.29, 0.717) is 26.3 Å². The van der Waals surface area contributed by atoms with E-state index in [1.165, 1.54) is 30.3 Å². The summed E-state index contributed by atoms with van der Waals surface area (Å²) in [5.41, 5.74) is 0.258. The van der Waals surface area contributed by atoms with Crippen LogP contribution in [0.4, 0.5) is 10.1 Å². The van der Waals surface area contributed by atoms with Crippen molar-refractivity contribution in [3.8, 4) is 0 Å². The molecule has 0 bridgehead atoms. The van der Waals surface area contributed by atoms with Gasteiger partial charge in [-0.25, -0.2) is 17.5 Å². The van der Waals surface area contributed by atoms with Crippen LogP contribution in [0.1, 0.15) is 11.6 Å². The zero-order chi connectivity index (χ0) is 20.1. The highest BCUT2D eigenvalue weighted by Gasteiger charge is 2.28. The lowest BCUT2D eigenvalue weighted by Crippen LogP contribution is -2.43. The number of morpholine rings is 1. The first-order chi connectivity index (χ1) is 13.4. The van der Waals surface area contributed by atoms with E-state index in [1.807, 2.05) is 4.90 Å². The molecule has 0 aliphatic carbocycles. The van der Waals surface area contributed by atoms with Crippen molar-refractivity contribution in [1.29, 1.82) is 0 Å². The minimum absolute atomic E-state index is 0.0139. The van der Waals surface area contributed by atoms with Gasteiger partial charge in [-0.05, 0) is 23.8 Å². The summed E-state index contributed by atoms with van der Waals surface area (Å²) in [6.07, 6.45) is 0. The van der Waals surface area contributed by atoms with E-state index in [-0.39, 0.29) is 23.3 Å². The van der Waals surface area contributed by atoms with E-state index in [4.69, 9.17) is 4.74 Å². The van der Waals surface area contributed by atoms with Gasteiger partial charge in [0, 0.05) is 31.7 Å². The molecule has 0 unspecified atom stereocenters. The molecule has 1 fully saturated rings. The maximum atomic E-state index is 13.3. The van der Waals surface area contributed by atoms with Gasteiger partial charge >= 0.3 is 0 Å². The number of nitrogens with zero attached hydrogens (tertiary/aromatic N) is 2. The second kappa shape index (κ2) is 8.74. The molecule has 1 heterocycles. The van der Waals surface area contributed by atoms with Crippen LogP contribution in [0.2, 0.25) is 0 Å². The zero-order valence-corrected chi connectivity index (χ0v) is 15.8. The van der Waals surface area contributed by atoms with E-state index in [0.717, 1.165) is 11.6 Å². The zero-order valence-electron chi connectivity index (χ0n) is 15.0. The molecule has 10 heteroatoms. The van der Waals surface area contributed by atoms with Crippen molar-refractivity contribution in [2.75, 3.05) is 32.8 Å². The van der Waals surface area contributed by atoms with Gasteiger partial charge in [0.05, 0.1) is 18.1 Å². The predicted octanol–water partition coefficient (Wildman–Crippen LogP) is 2.09. The van der Waals surface area contributed by atoms with Crippen LogP contribution in [0, 0.1) is 15.9 Å². The second-order valence-electron chi connectivity index (χ2n) is 6.29. The summed E-state index contributed by atoms with van der Waals surface area (Å²) in [6, 6.07) is 10.7. The smallest absolute Gasteiger partial charge is 0.289 e. The first-order valence-electron chi connectivity index (χ1n) is 8.69. The van der Waals surface area contributed by atoms with Crippen LogP contribution >= 0.6 is 0 Å². The highest BCUT2D eigenvalue weighted by atomic mass is 32.2. The minimum atomic E-state index is -4.11. The van der Waals surface area contributed by atoms with Crippen molar-refractivity contribution in [2.24, 2.45) is 0 Å². The Bertz CT molecular complexity index is 930.